The Labute approximate surface area is 148 Å². The molecule has 0 heterocycles. The van der Waals surface area contributed by atoms with Crippen molar-refractivity contribution in [1.29, 1.82) is 0 Å². The van der Waals surface area contributed by atoms with Crippen molar-refractivity contribution in [3.8, 4) is 0 Å². The Kier molecular flexibility index (Phi) is 3.96. The van der Waals surface area contributed by atoms with Gasteiger partial charge in [0, 0.05) is 0 Å². The average Bonchev–Trinajstić information content (AvgIpc) is 2.51. The molecule has 2 N–H and O–H groups in total. The molecule has 0 saturated heterocycles. The van der Waals surface area contributed by atoms with Gasteiger partial charge in [-0.15, -0.1) is 0 Å². The smallest absolute Gasteiger partial charge is 0.322 e. The van der Waals surface area contributed by atoms with E-state index >= 15 is 0 Å². The molecule has 0 spiro atoms. The van der Waals surface area contributed by atoms with Crippen LogP contribution in [0.1, 0.15) is 44.1 Å². The molecule has 4 aliphatic rings. The van der Waals surface area contributed by atoms with Crippen LogP contribution >= 0.6 is 0 Å². The third kappa shape index (κ3) is 2.99. The number of rotatable bonds is 5. The maximum Gasteiger partial charge on any atom is 0.322 e. The molecule has 4 bridgehead atoms. The molecule has 4 fully saturated rings. The molecule has 5 nitrogen and oxygen atoms in total. The first-order valence-corrected chi connectivity index (χ1v) is 10.6. The van der Waals surface area contributed by atoms with Gasteiger partial charge in [0.2, 0.25) is 10.0 Å². The minimum Gasteiger partial charge on any atom is -0.480 e. The topological polar surface area (TPSA) is 83.5 Å². The number of carboxylic acids is 1. The van der Waals surface area contributed by atoms with Gasteiger partial charge in [-0.25, -0.2) is 8.42 Å². The second kappa shape index (κ2) is 5.81. The highest BCUT2D eigenvalue weighted by Crippen LogP contribution is 2.61. The van der Waals surface area contributed by atoms with Crippen molar-refractivity contribution in [3.05, 3.63) is 29.8 Å². The summed E-state index contributed by atoms with van der Waals surface area (Å²) in [7, 11) is -3.85. The SMILES string of the molecule is Cc1ccc(S(=O)(=O)N[C@@H](C(=O)O)C23CC4CC(CC(C4)C2)C3)cc1. The Balaban J connectivity index is 1.64. The van der Waals surface area contributed by atoms with Crippen molar-refractivity contribution in [1.82, 2.24) is 4.72 Å². The van der Waals surface area contributed by atoms with E-state index in [1.54, 1.807) is 12.1 Å². The molecule has 5 rings (SSSR count). The quantitative estimate of drug-likeness (QED) is 0.842. The highest BCUT2D eigenvalue weighted by Gasteiger charge is 2.56. The van der Waals surface area contributed by atoms with Crippen LogP contribution in [0.5, 0.6) is 0 Å². The summed E-state index contributed by atoms with van der Waals surface area (Å²) in [4.78, 5) is 12.2. The van der Waals surface area contributed by atoms with Gasteiger partial charge in [0.05, 0.1) is 4.90 Å². The Morgan fingerprint density at radius 2 is 1.56 bits per heavy atom. The van der Waals surface area contributed by atoms with E-state index in [9.17, 15) is 18.3 Å². The van der Waals surface area contributed by atoms with E-state index in [4.69, 9.17) is 0 Å². The van der Waals surface area contributed by atoms with Crippen LogP contribution in [0, 0.1) is 30.1 Å². The maximum absolute atomic E-state index is 12.8. The highest BCUT2D eigenvalue weighted by molar-refractivity contribution is 7.89. The number of benzene rings is 1. The lowest BCUT2D eigenvalue weighted by molar-refractivity contribution is -0.150. The van der Waals surface area contributed by atoms with Gasteiger partial charge in [-0.3, -0.25) is 4.79 Å². The van der Waals surface area contributed by atoms with Gasteiger partial charge >= 0.3 is 5.97 Å². The molecule has 0 amide bonds. The summed E-state index contributed by atoms with van der Waals surface area (Å²) >= 11 is 0. The number of carboxylic acid groups (broad SMARTS) is 1. The second-order valence-corrected chi connectivity index (χ2v) is 10.2. The number of sulfonamides is 1. The van der Waals surface area contributed by atoms with Crippen molar-refractivity contribution < 1.29 is 18.3 Å². The molecule has 6 heteroatoms. The number of hydrogen-bond donors (Lipinski definition) is 2. The van der Waals surface area contributed by atoms with Crippen LogP contribution in [0.4, 0.5) is 0 Å². The fraction of sp³-hybridized carbons (Fsp3) is 0.632. The molecular formula is C19H25NO4S. The molecule has 1 aromatic rings. The van der Waals surface area contributed by atoms with Crippen LogP contribution in [0.25, 0.3) is 0 Å². The summed E-state index contributed by atoms with van der Waals surface area (Å²) < 4.78 is 28.1. The van der Waals surface area contributed by atoms with E-state index in [0.29, 0.717) is 17.8 Å². The molecule has 0 unspecified atom stereocenters. The lowest BCUT2D eigenvalue weighted by atomic mass is 9.48. The fourth-order valence-electron chi connectivity index (χ4n) is 5.91. The average molecular weight is 363 g/mol. The van der Waals surface area contributed by atoms with Crippen LogP contribution in [0.15, 0.2) is 29.2 Å². The van der Waals surface area contributed by atoms with Crippen LogP contribution < -0.4 is 4.72 Å². The summed E-state index contributed by atoms with van der Waals surface area (Å²) in [5.41, 5.74) is 0.549. The van der Waals surface area contributed by atoms with Gasteiger partial charge in [-0.05, 0) is 80.8 Å². The van der Waals surface area contributed by atoms with Gasteiger partial charge in [0.15, 0.2) is 0 Å². The van der Waals surface area contributed by atoms with Crippen LogP contribution in [-0.4, -0.2) is 25.5 Å². The molecule has 136 valence electrons. The minimum atomic E-state index is -3.85. The summed E-state index contributed by atoms with van der Waals surface area (Å²) in [5, 5.41) is 9.86. The fourth-order valence-corrected chi connectivity index (χ4v) is 7.20. The van der Waals surface area contributed by atoms with Gasteiger partial charge in [-0.2, -0.15) is 4.72 Å². The normalized spacial score (nSPS) is 34.8. The first-order valence-electron chi connectivity index (χ1n) is 9.09. The van der Waals surface area contributed by atoms with Crippen LogP contribution in [-0.2, 0) is 14.8 Å². The lowest BCUT2D eigenvalue weighted by Crippen LogP contribution is -2.59. The van der Waals surface area contributed by atoms with Crippen molar-refractivity contribution >= 4 is 16.0 Å². The molecule has 1 atom stereocenters. The number of nitrogens with one attached hydrogen (secondary N) is 1. The van der Waals surface area contributed by atoms with E-state index in [1.807, 2.05) is 6.92 Å². The number of hydrogen-bond acceptors (Lipinski definition) is 3. The van der Waals surface area contributed by atoms with E-state index in [1.165, 1.54) is 31.4 Å². The Bertz CT molecular complexity index is 749. The molecule has 0 aliphatic heterocycles. The number of carbonyl (C=O) groups is 1. The van der Waals surface area contributed by atoms with Crippen molar-refractivity contribution in [2.24, 2.45) is 23.2 Å². The monoisotopic (exact) mass is 363 g/mol. The Morgan fingerprint density at radius 3 is 2.00 bits per heavy atom. The summed E-state index contributed by atoms with van der Waals surface area (Å²) in [6.07, 6.45) is 6.09. The van der Waals surface area contributed by atoms with Gasteiger partial charge in [-0.1, -0.05) is 17.7 Å². The minimum absolute atomic E-state index is 0.133. The third-order valence-electron chi connectivity index (χ3n) is 6.55. The zero-order valence-corrected chi connectivity index (χ0v) is 15.3. The van der Waals surface area contributed by atoms with Crippen LogP contribution in [0.2, 0.25) is 0 Å². The van der Waals surface area contributed by atoms with Crippen molar-refractivity contribution in [3.63, 3.8) is 0 Å². The third-order valence-corrected chi connectivity index (χ3v) is 7.99. The first-order chi connectivity index (χ1) is 11.8. The maximum atomic E-state index is 12.8. The summed E-state index contributed by atoms with van der Waals surface area (Å²) in [5.74, 6) is 0.656. The summed E-state index contributed by atoms with van der Waals surface area (Å²) in [6, 6.07) is 5.50. The molecule has 0 aromatic heterocycles. The van der Waals surface area contributed by atoms with Crippen molar-refractivity contribution in [2.75, 3.05) is 0 Å². The van der Waals surface area contributed by atoms with E-state index in [2.05, 4.69) is 4.72 Å². The molecule has 0 radical (unpaired) electrons. The van der Waals surface area contributed by atoms with Gasteiger partial charge in [0.1, 0.15) is 6.04 Å². The number of aliphatic carboxylic acids is 1. The van der Waals surface area contributed by atoms with E-state index in [0.717, 1.165) is 24.8 Å². The predicted molar refractivity (Wildman–Crippen MR) is 93.5 cm³/mol. The molecule has 4 saturated carbocycles. The zero-order valence-electron chi connectivity index (χ0n) is 14.4. The van der Waals surface area contributed by atoms with E-state index in [-0.39, 0.29) is 4.90 Å². The highest BCUT2D eigenvalue weighted by atomic mass is 32.2. The molecular weight excluding hydrogens is 338 g/mol. The van der Waals surface area contributed by atoms with Crippen LogP contribution in [0.3, 0.4) is 0 Å². The molecule has 4 aliphatic carbocycles. The molecule has 1 aromatic carbocycles. The second-order valence-electron chi connectivity index (χ2n) is 8.49. The molecule has 25 heavy (non-hydrogen) atoms. The van der Waals surface area contributed by atoms with E-state index < -0.39 is 27.4 Å². The Morgan fingerprint density at radius 1 is 1.08 bits per heavy atom. The van der Waals surface area contributed by atoms with Gasteiger partial charge in [0.25, 0.3) is 0 Å². The summed E-state index contributed by atoms with van der Waals surface area (Å²) in [6.45, 7) is 1.89. The lowest BCUT2D eigenvalue weighted by Gasteiger charge is -2.58. The standard InChI is InChI=1S/C19H25NO4S/c1-12-2-4-16(5-3-12)25(23,24)20-17(18(21)22)19-9-13-6-14(10-19)8-15(7-13)11-19/h2-5,13-15,17,20H,6-11H2,1H3,(H,21,22)/t13?,14?,15?,17-,19?/m0/s1. The van der Waals surface area contributed by atoms with Crippen molar-refractivity contribution in [2.45, 2.75) is 56.4 Å². The largest absolute Gasteiger partial charge is 0.480 e. The predicted octanol–water partition coefficient (Wildman–Crippen LogP) is 2.94. The first kappa shape index (κ1) is 17.0. The Hall–Kier alpha value is -1.40. The zero-order chi connectivity index (χ0) is 17.8. The van der Waals surface area contributed by atoms with Gasteiger partial charge < -0.3 is 5.11 Å². The number of aryl methyl sites for hydroxylation is 1.